The van der Waals surface area contributed by atoms with E-state index in [1.165, 1.54) is 12.1 Å². The molecule has 1 amide bonds. The molecule has 138 valence electrons. The number of carbonyl (C=O) groups is 2. The van der Waals surface area contributed by atoms with E-state index in [4.69, 9.17) is 4.74 Å². The van der Waals surface area contributed by atoms with Gasteiger partial charge in [-0.2, -0.15) is 13.2 Å². The summed E-state index contributed by atoms with van der Waals surface area (Å²) in [5, 5.41) is 2.85. The third-order valence-corrected chi connectivity index (χ3v) is 4.42. The van der Waals surface area contributed by atoms with E-state index in [2.05, 4.69) is 12.2 Å². The van der Waals surface area contributed by atoms with E-state index in [1.807, 2.05) is 0 Å². The van der Waals surface area contributed by atoms with E-state index < -0.39 is 24.3 Å². The number of alkyl halides is 3. The van der Waals surface area contributed by atoms with Crippen LogP contribution in [0.25, 0.3) is 0 Å². The van der Waals surface area contributed by atoms with Crippen molar-refractivity contribution in [3.63, 3.8) is 0 Å². The van der Waals surface area contributed by atoms with E-state index in [-0.39, 0.29) is 23.9 Å². The van der Waals surface area contributed by atoms with Crippen molar-refractivity contribution >= 4 is 11.9 Å². The van der Waals surface area contributed by atoms with Gasteiger partial charge in [0.25, 0.3) is 5.91 Å². The lowest BCUT2D eigenvalue weighted by Crippen LogP contribution is -2.42. The van der Waals surface area contributed by atoms with Crippen LogP contribution in [-0.2, 0) is 26.9 Å². The molecule has 2 atom stereocenters. The van der Waals surface area contributed by atoms with E-state index in [0.29, 0.717) is 5.92 Å². The maximum absolute atomic E-state index is 12.6. The van der Waals surface area contributed by atoms with Crippen LogP contribution in [0, 0.1) is 5.92 Å². The maximum atomic E-state index is 12.6. The summed E-state index contributed by atoms with van der Waals surface area (Å²) >= 11 is 0. The maximum Gasteiger partial charge on any atom is 0.416 e. The summed E-state index contributed by atoms with van der Waals surface area (Å²) in [5.41, 5.74) is -0.622. The first-order valence-electron chi connectivity index (χ1n) is 8.37. The van der Waals surface area contributed by atoms with Gasteiger partial charge in [0.1, 0.15) is 0 Å². The summed E-state index contributed by atoms with van der Waals surface area (Å²) in [5.74, 6) is -0.721. The summed E-state index contributed by atoms with van der Waals surface area (Å²) < 4.78 is 42.8. The molecule has 4 nitrogen and oxygen atoms in total. The first-order valence-corrected chi connectivity index (χ1v) is 8.37. The second kappa shape index (κ2) is 8.36. The van der Waals surface area contributed by atoms with Gasteiger partial charge in [-0.25, -0.2) is 0 Å². The highest BCUT2D eigenvalue weighted by Crippen LogP contribution is 2.29. The van der Waals surface area contributed by atoms with Gasteiger partial charge in [-0.15, -0.1) is 0 Å². The lowest BCUT2D eigenvalue weighted by molar-refractivity contribution is -0.148. The fraction of sp³-hybridized carbons (Fsp3) is 0.556. The van der Waals surface area contributed by atoms with Crippen LogP contribution in [0.3, 0.4) is 0 Å². The normalized spacial score (nSPS) is 20.8. The minimum absolute atomic E-state index is 0.0865. The molecule has 0 unspecified atom stereocenters. The van der Waals surface area contributed by atoms with Crippen LogP contribution >= 0.6 is 0 Å². The molecule has 1 aromatic carbocycles. The number of rotatable bonds is 5. The molecule has 1 saturated carbocycles. The lowest BCUT2D eigenvalue weighted by atomic mass is 9.86. The molecule has 1 aromatic rings. The van der Waals surface area contributed by atoms with Gasteiger partial charge in [0.2, 0.25) is 0 Å². The van der Waals surface area contributed by atoms with Crippen LogP contribution in [0.2, 0.25) is 0 Å². The minimum Gasteiger partial charge on any atom is -0.455 e. The molecule has 25 heavy (non-hydrogen) atoms. The monoisotopic (exact) mass is 357 g/mol. The minimum atomic E-state index is -4.46. The van der Waals surface area contributed by atoms with E-state index in [1.54, 1.807) is 0 Å². The molecule has 0 aromatic heterocycles. The number of hydrogen-bond acceptors (Lipinski definition) is 3. The standard InChI is InChI=1S/C18H22F3NO3/c1-12-5-2-3-8-15(12)22-16(23)11-25-17(24)10-13-6-4-7-14(9-13)18(19,20)21/h4,6-7,9,12,15H,2-3,5,8,10-11H2,1H3,(H,22,23)/t12-,15+/m0/s1. The second-order valence-corrected chi connectivity index (χ2v) is 6.47. The van der Waals surface area contributed by atoms with Crippen molar-refractivity contribution in [2.45, 2.75) is 51.2 Å². The average Bonchev–Trinajstić information content (AvgIpc) is 2.55. The molecule has 0 heterocycles. The van der Waals surface area contributed by atoms with Crippen molar-refractivity contribution in [3.05, 3.63) is 35.4 Å². The summed E-state index contributed by atoms with van der Waals surface area (Å²) in [6, 6.07) is 4.59. The molecule has 1 aliphatic carbocycles. The van der Waals surface area contributed by atoms with Gasteiger partial charge in [-0.05, 0) is 30.4 Å². The topological polar surface area (TPSA) is 55.4 Å². The summed E-state index contributed by atoms with van der Waals surface area (Å²) in [4.78, 5) is 23.6. The summed E-state index contributed by atoms with van der Waals surface area (Å²) in [6.07, 6.45) is -0.594. The van der Waals surface area contributed by atoms with Crippen LogP contribution in [-0.4, -0.2) is 24.5 Å². The Hall–Kier alpha value is -2.05. The molecule has 0 aliphatic heterocycles. The molecule has 1 N–H and O–H groups in total. The first kappa shape index (κ1) is 19.3. The molecule has 0 radical (unpaired) electrons. The number of halogens is 3. The molecule has 0 bridgehead atoms. The van der Waals surface area contributed by atoms with Gasteiger partial charge < -0.3 is 10.1 Å². The molecule has 2 rings (SSSR count). The largest absolute Gasteiger partial charge is 0.455 e. The van der Waals surface area contributed by atoms with Gasteiger partial charge in [-0.3, -0.25) is 9.59 Å². The lowest BCUT2D eigenvalue weighted by Gasteiger charge is -2.29. The fourth-order valence-corrected chi connectivity index (χ4v) is 3.00. The Morgan fingerprint density at radius 2 is 1.96 bits per heavy atom. The van der Waals surface area contributed by atoms with Crippen molar-refractivity contribution < 1.29 is 27.5 Å². The number of nitrogens with one attached hydrogen (secondary N) is 1. The zero-order chi connectivity index (χ0) is 18.4. The van der Waals surface area contributed by atoms with E-state index >= 15 is 0 Å². The molecule has 0 saturated heterocycles. The second-order valence-electron chi connectivity index (χ2n) is 6.47. The predicted octanol–water partition coefficient (Wildman–Crippen LogP) is 3.49. The Bertz CT molecular complexity index is 616. The van der Waals surface area contributed by atoms with Gasteiger partial charge in [0.15, 0.2) is 6.61 Å². The molecule has 7 heteroatoms. The summed E-state index contributed by atoms with van der Waals surface area (Å²) in [7, 11) is 0. The van der Waals surface area contributed by atoms with E-state index in [9.17, 15) is 22.8 Å². The molecule has 0 spiro atoms. The molecular formula is C18H22F3NO3. The third kappa shape index (κ3) is 6.07. The molecule has 1 aliphatic rings. The number of ether oxygens (including phenoxy) is 1. The smallest absolute Gasteiger partial charge is 0.416 e. The zero-order valence-corrected chi connectivity index (χ0v) is 14.1. The molecular weight excluding hydrogens is 335 g/mol. The highest BCUT2D eigenvalue weighted by Gasteiger charge is 2.30. The van der Waals surface area contributed by atoms with Crippen LogP contribution < -0.4 is 5.32 Å². The number of carbonyl (C=O) groups excluding carboxylic acids is 2. The Kier molecular flexibility index (Phi) is 6.45. The van der Waals surface area contributed by atoms with Gasteiger partial charge in [-0.1, -0.05) is 38.0 Å². The van der Waals surface area contributed by atoms with Crippen molar-refractivity contribution in [2.75, 3.05) is 6.61 Å². The van der Waals surface area contributed by atoms with Crippen LogP contribution in [0.15, 0.2) is 24.3 Å². The van der Waals surface area contributed by atoms with Crippen LogP contribution in [0.5, 0.6) is 0 Å². The Labute approximate surface area is 144 Å². The number of amides is 1. The van der Waals surface area contributed by atoms with Crippen molar-refractivity contribution in [1.29, 1.82) is 0 Å². The molecule has 1 fully saturated rings. The van der Waals surface area contributed by atoms with Crippen molar-refractivity contribution in [1.82, 2.24) is 5.32 Å². The highest BCUT2D eigenvalue weighted by molar-refractivity contribution is 5.81. The van der Waals surface area contributed by atoms with Gasteiger partial charge in [0.05, 0.1) is 12.0 Å². The van der Waals surface area contributed by atoms with Crippen molar-refractivity contribution in [3.8, 4) is 0 Å². The number of esters is 1. The van der Waals surface area contributed by atoms with Crippen molar-refractivity contribution in [2.24, 2.45) is 5.92 Å². The fourth-order valence-electron chi connectivity index (χ4n) is 3.00. The number of hydrogen-bond donors (Lipinski definition) is 1. The first-order chi connectivity index (χ1) is 11.8. The predicted molar refractivity (Wildman–Crippen MR) is 85.7 cm³/mol. The van der Waals surface area contributed by atoms with Crippen LogP contribution in [0.1, 0.15) is 43.7 Å². The Balaban J connectivity index is 1.79. The van der Waals surface area contributed by atoms with Crippen LogP contribution in [0.4, 0.5) is 13.2 Å². The number of benzene rings is 1. The quantitative estimate of drug-likeness (QED) is 0.821. The Morgan fingerprint density at radius 1 is 1.24 bits per heavy atom. The van der Waals surface area contributed by atoms with Gasteiger partial charge in [0, 0.05) is 6.04 Å². The highest BCUT2D eigenvalue weighted by atomic mass is 19.4. The third-order valence-electron chi connectivity index (χ3n) is 4.42. The Morgan fingerprint density at radius 3 is 2.64 bits per heavy atom. The zero-order valence-electron chi connectivity index (χ0n) is 14.1. The SMILES string of the molecule is C[C@H]1CCCC[C@H]1NC(=O)COC(=O)Cc1cccc(C(F)(F)F)c1. The summed E-state index contributed by atoms with van der Waals surface area (Å²) in [6.45, 7) is 1.66. The van der Waals surface area contributed by atoms with Gasteiger partial charge >= 0.3 is 12.1 Å². The average molecular weight is 357 g/mol. The van der Waals surface area contributed by atoms with E-state index in [0.717, 1.165) is 37.8 Å².